The molecule has 10 heteroatoms. The summed E-state index contributed by atoms with van der Waals surface area (Å²) in [6.45, 7) is 3.49. The summed E-state index contributed by atoms with van der Waals surface area (Å²) in [5.41, 5.74) is 5.15. The van der Waals surface area contributed by atoms with Crippen LogP contribution in [0.4, 0.5) is 17.5 Å². The van der Waals surface area contributed by atoms with Crippen LogP contribution in [0.3, 0.4) is 0 Å². The number of ether oxygens (including phenoxy) is 2. The Morgan fingerprint density at radius 2 is 2.06 bits per heavy atom. The smallest absolute Gasteiger partial charge is 0.231 e. The maximum Gasteiger partial charge on any atom is 0.231 e. The predicted octanol–water partition coefficient (Wildman–Crippen LogP) is 3.92. The largest absolute Gasteiger partial charge is 0.494 e. The Bertz CT molecular complexity index is 1200. The molecule has 0 radical (unpaired) electrons. The number of anilines is 3. The Kier molecular flexibility index (Phi) is 5.39. The van der Waals surface area contributed by atoms with Crippen LogP contribution in [-0.4, -0.2) is 50.9 Å². The monoisotopic (exact) mass is 437 g/mol. The second-order valence-corrected chi connectivity index (χ2v) is 8.22. The van der Waals surface area contributed by atoms with Crippen LogP contribution < -0.4 is 15.4 Å². The van der Waals surface area contributed by atoms with Crippen LogP contribution in [0.1, 0.15) is 18.5 Å². The van der Waals surface area contributed by atoms with E-state index in [0.29, 0.717) is 17.6 Å². The van der Waals surface area contributed by atoms with E-state index in [1.54, 1.807) is 18.9 Å². The van der Waals surface area contributed by atoms with Crippen molar-refractivity contribution < 1.29 is 9.47 Å². The third-order valence-electron chi connectivity index (χ3n) is 5.18. The molecular weight excluding hydrogens is 414 g/mol. The van der Waals surface area contributed by atoms with Gasteiger partial charge in [0.1, 0.15) is 10.4 Å². The Morgan fingerprint density at radius 1 is 1.19 bits per heavy atom. The highest BCUT2D eigenvalue weighted by molar-refractivity contribution is 7.17. The molecule has 0 bridgehead atoms. The van der Waals surface area contributed by atoms with Crippen molar-refractivity contribution in [3.63, 3.8) is 0 Å². The molecule has 0 saturated carbocycles. The number of nitrogens with one attached hydrogen (secondary N) is 2. The summed E-state index contributed by atoms with van der Waals surface area (Å²) in [5, 5.41) is 6.85. The van der Waals surface area contributed by atoms with Gasteiger partial charge in [0.25, 0.3) is 0 Å². The van der Waals surface area contributed by atoms with Gasteiger partial charge < -0.3 is 24.7 Å². The molecular formula is C21H23N7O2S. The highest BCUT2D eigenvalue weighted by Gasteiger charge is 2.18. The van der Waals surface area contributed by atoms with Crippen LogP contribution in [0.25, 0.3) is 16.0 Å². The molecule has 1 aliphatic rings. The zero-order valence-corrected chi connectivity index (χ0v) is 18.1. The minimum atomic E-state index is 0.333. The van der Waals surface area contributed by atoms with Gasteiger partial charge in [-0.05, 0) is 31.9 Å². The molecule has 0 amide bonds. The molecule has 4 heterocycles. The average molecular weight is 438 g/mol. The molecule has 1 saturated heterocycles. The van der Waals surface area contributed by atoms with Gasteiger partial charge in [0, 0.05) is 37.2 Å². The Balaban J connectivity index is 1.43. The number of fused-ring (bicyclic) bond motifs is 1. The van der Waals surface area contributed by atoms with Gasteiger partial charge in [-0.3, -0.25) is 0 Å². The number of nitrogens with zero attached hydrogens (tertiary/aromatic N) is 5. The van der Waals surface area contributed by atoms with Crippen LogP contribution in [0, 0.1) is 6.92 Å². The van der Waals surface area contributed by atoms with Crippen molar-refractivity contribution in [1.29, 1.82) is 0 Å². The van der Waals surface area contributed by atoms with Gasteiger partial charge in [-0.1, -0.05) is 0 Å². The summed E-state index contributed by atoms with van der Waals surface area (Å²) in [7, 11) is 1.65. The maximum atomic E-state index is 5.61. The Labute approximate surface area is 183 Å². The normalized spacial score (nSPS) is 14.6. The first-order valence-corrected chi connectivity index (χ1v) is 11.0. The molecule has 160 valence electrons. The van der Waals surface area contributed by atoms with Crippen molar-refractivity contribution in [2.75, 3.05) is 31.0 Å². The molecule has 5 rings (SSSR count). The van der Waals surface area contributed by atoms with Crippen LogP contribution in [0.5, 0.6) is 5.75 Å². The van der Waals surface area contributed by atoms with E-state index < -0.39 is 0 Å². The molecule has 31 heavy (non-hydrogen) atoms. The van der Waals surface area contributed by atoms with Gasteiger partial charge in [0.15, 0.2) is 11.5 Å². The SMILES string of the molecule is COc1cc(Nc2nc(NC3CCOCC3)c3scnc3n2)ccc1-n1cnc(C)c1. The molecule has 2 N–H and O–H groups in total. The predicted molar refractivity (Wildman–Crippen MR) is 121 cm³/mol. The molecule has 0 aliphatic carbocycles. The van der Waals surface area contributed by atoms with Gasteiger partial charge in [0.2, 0.25) is 5.95 Å². The lowest BCUT2D eigenvalue weighted by Crippen LogP contribution is -2.28. The number of aromatic nitrogens is 5. The van der Waals surface area contributed by atoms with Crippen LogP contribution >= 0.6 is 11.3 Å². The Hall–Kier alpha value is -3.24. The van der Waals surface area contributed by atoms with E-state index in [0.717, 1.165) is 59.4 Å². The second-order valence-electron chi connectivity index (χ2n) is 7.37. The first kappa shape index (κ1) is 19.7. The molecule has 9 nitrogen and oxygen atoms in total. The van der Waals surface area contributed by atoms with Crippen molar-refractivity contribution in [3.8, 4) is 11.4 Å². The molecule has 0 spiro atoms. The van der Waals surface area contributed by atoms with Crippen molar-refractivity contribution in [2.45, 2.75) is 25.8 Å². The summed E-state index contributed by atoms with van der Waals surface area (Å²) < 4.78 is 14.0. The minimum Gasteiger partial charge on any atom is -0.494 e. The van der Waals surface area contributed by atoms with Crippen LogP contribution in [0.15, 0.2) is 36.2 Å². The number of hydrogen-bond acceptors (Lipinski definition) is 9. The number of rotatable bonds is 6. The van der Waals surface area contributed by atoms with Crippen molar-refractivity contribution in [1.82, 2.24) is 24.5 Å². The molecule has 1 aromatic carbocycles. The highest BCUT2D eigenvalue weighted by Crippen LogP contribution is 2.31. The van der Waals surface area contributed by atoms with Crippen molar-refractivity contribution in [3.05, 3.63) is 41.9 Å². The minimum absolute atomic E-state index is 0.333. The van der Waals surface area contributed by atoms with Crippen LogP contribution in [0.2, 0.25) is 0 Å². The number of hydrogen-bond donors (Lipinski definition) is 2. The molecule has 3 aromatic heterocycles. The van der Waals surface area contributed by atoms with E-state index in [4.69, 9.17) is 14.5 Å². The van der Waals surface area contributed by atoms with Gasteiger partial charge in [-0.2, -0.15) is 9.97 Å². The van der Waals surface area contributed by atoms with E-state index >= 15 is 0 Å². The summed E-state index contributed by atoms with van der Waals surface area (Å²) in [6.07, 6.45) is 5.64. The molecule has 1 aliphatic heterocycles. The standard InChI is InChI=1S/C21H23N7O2S/c1-13-10-28(11-22-13)16-4-3-15(9-17(16)29-2)25-21-26-19-18(31-12-23-19)20(27-21)24-14-5-7-30-8-6-14/h3-4,9-12,14H,5-8H2,1-2H3,(H2,24,25,26,27). The molecule has 1 fully saturated rings. The summed E-state index contributed by atoms with van der Waals surface area (Å²) >= 11 is 1.54. The first-order chi connectivity index (χ1) is 15.2. The van der Waals surface area contributed by atoms with E-state index in [1.807, 2.05) is 35.9 Å². The highest BCUT2D eigenvalue weighted by atomic mass is 32.1. The lowest BCUT2D eigenvalue weighted by atomic mass is 10.1. The van der Waals surface area contributed by atoms with Gasteiger partial charge in [-0.15, -0.1) is 11.3 Å². The number of benzene rings is 1. The van der Waals surface area contributed by atoms with Gasteiger partial charge >= 0.3 is 0 Å². The van der Waals surface area contributed by atoms with Crippen molar-refractivity contribution in [2.24, 2.45) is 0 Å². The zero-order chi connectivity index (χ0) is 21.2. The number of imidazole rings is 1. The quantitative estimate of drug-likeness (QED) is 0.468. The third-order valence-corrected chi connectivity index (χ3v) is 6.00. The van der Waals surface area contributed by atoms with Gasteiger partial charge in [0.05, 0.1) is 30.3 Å². The molecule has 0 unspecified atom stereocenters. The zero-order valence-electron chi connectivity index (χ0n) is 17.3. The van der Waals surface area contributed by atoms with Crippen molar-refractivity contribution >= 4 is 39.1 Å². The topological polar surface area (TPSA) is 99.0 Å². The number of thiazole rings is 1. The summed E-state index contributed by atoms with van der Waals surface area (Å²) in [6, 6.07) is 6.20. The third kappa shape index (κ3) is 4.17. The number of methoxy groups -OCH3 is 1. The van der Waals surface area contributed by atoms with Gasteiger partial charge in [-0.25, -0.2) is 9.97 Å². The first-order valence-electron chi connectivity index (χ1n) is 10.1. The summed E-state index contributed by atoms with van der Waals surface area (Å²) in [4.78, 5) is 18.0. The second kappa shape index (κ2) is 8.48. The van der Waals surface area contributed by atoms with E-state index in [-0.39, 0.29) is 0 Å². The lowest BCUT2D eigenvalue weighted by molar-refractivity contribution is 0.0904. The van der Waals surface area contributed by atoms with E-state index in [1.165, 1.54) is 11.3 Å². The molecule has 0 atom stereocenters. The Morgan fingerprint density at radius 3 is 2.84 bits per heavy atom. The number of aryl methyl sites for hydroxylation is 1. The van der Waals surface area contributed by atoms with E-state index in [2.05, 4.69) is 25.6 Å². The maximum absolute atomic E-state index is 5.61. The lowest BCUT2D eigenvalue weighted by Gasteiger charge is -2.23. The average Bonchev–Trinajstić information content (AvgIpc) is 3.43. The van der Waals surface area contributed by atoms with E-state index in [9.17, 15) is 0 Å². The summed E-state index contributed by atoms with van der Waals surface area (Å²) in [5.74, 6) is 2.01. The molecule has 4 aromatic rings. The fourth-order valence-electron chi connectivity index (χ4n) is 3.60. The fourth-order valence-corrected chi connectivity index (χ4v) is 4.28. The van der Waals surface area contributed by atoms with Crippen LogP contribution in [-0.2, 0) is 4.74 Å². The fraction of sp³-hybridized carbons (Fsp3) is 0.333.